The number of carbonyl (C=O) groups excluding carboxylic acids is 1. The molecular formula is C21H30N4O2S. The SMILES string of the molecule is CC[C@H](C)n1c(S[C@H](C)C(=O)N2CCN(CC)CC2)nc2ccccc2c1=O. The van der Waals surface area contributed by atoms with E-state index in [1.54, 1.807) is 4.57 Å². The van der Waals surface area contributed by atoms with Crippen molar-refractivity contribution in [3.05, 3.63) is 34.6 Å². The van der Waals surface area contributed by atoms with E-state index >= 15 is 0 Å². The molecule has 0 radical (unpaired) electrons. The summed E-state index contributed by atoms with van der Waals surface area (Å²) in [5.41, 5.74) is 0.657. The lowest BCUT2D eigenvalue weighted by atomic mass is 10.2. The number of hydrogen-bond acceptors (Lipinski definition) is 5. The summed E-state index contributed by atoms with van der Waals surface area (Å²) >= 11 is 1.40. The number of carbonyl (C=O) groups is 1. The Bertz CT molecular complexity index is 890. The van der Waals surface area contributed by atoms with Crippen LogP contribution in [-0.4, -0.2) is 63.2 Å². The summed E-state index contributed by atoms with van der Waals surface area (Å²) in [4.78, 5) is 35.1. The molecule has 0 N–H and O–H groups in total. The Labute approximate surface area is 170 Å². The summed E-state index contributed by atoms with van der Waals surface area (Å²) in [6, 6.07) is 7.46. The molecule has 6 nitrogen and oxygen atoms in total. The van der Waals surface area contributed by atoms with Gasteiger partial charge in [-0.25, -0.2) is 4.98 Å². The van der Waals surface area contributed by atoms with Gasteiger partial charge in [0.2, 0.25) is 5.91 Å². The zero-order valence-electron chi connectivity index (χ0n) is 17.2. The van der Waals surface area contributed by atoms with Crippen LogP contribution in [0.3, 0.4) is 0 Å². The Balaban J connectivity index is 1.86. The van der Waals surface area contributed by atoms with Gasteiger partial charge in [-0.15, -0.1) is 0 Å². The van der Waals surface area contributed by atoms with E-state index in [0.717, 1.165) is 39.1 Å². The van der Waals surface area contributed by atoms with E-state index in [1.165, 1.54) is 11.8 Å². The summed E-state index contributed by atoms with van der Waals surface area (Å²) in [6.45, 7) is 12.5. The van der Waals surface area contributed by atoms with Gasteiger partial charge in [-0.1, -0.05) is 37.7 Å². The molecule has 2 heterocycles. The van der Waals surface area contributed by atoms with E-state index in [2.05, 4.69) is 18.7 Å². The molecule has 1 aromatic heterocycles. The number of fused-ring (bicyclic) bond motifs is 1. The van der Waals surface area contributed by atoms with Crippen molar-refractivity contribution in [2.24, 2.45) is 0 Å². The van der Waals surface area contributed by atoms with Gasteiger partial charge in [-0.05, 0) is 38.9 Å². The molecule has 1 amide bonds. The third-order valence-corrected chi connectivity index (χ3v) is 6.62. The van der Waals surface area contributed by atoms with Crippen molar-refractivity contribution in [1.29, 1.82) is 0 Å². The van der Waals surface area contributed by atoms with Crippen LogP contribution in [0.15, 0.2) is 34.2 Å². The molecule has 1 aliphatic heterocycles. The molecule has 152 valence electrons. The zero-order chi connectivity index (χ0) is 20.3. The largest absolute Gasteiger partial charge is 0.339 e. The van der Waals surface area contributed by atoms with Crippen molar-refractivity contribution in [2.45, 2.75) is 50.6 Å². The summed E-state index contributed by atoms with van der Waals surface area (Å²) < 4.78 is 1.76. The van der Waals surface area contributed by atoms with Gasteiger partial charge < -0.3 is 9.80 Å². The lowest BCUT2D eigenvalue weighted by Crippen LogP contribution is -2.50. The van der Waals surface area contributed by atoms with Crippen molar-refractivity contribution in [3.63, 3.8) is 0 Å². The van der Waals surface area contributed by atoms with Crippen LogP contribution in [0.5, 0.6) is 0 Å². The number of likely N-dealkylation sites (N-methyl/N-ethyl adjacent to an activating group) is 1. The molecule has 1 saturated heterocycles. The van der Waals surface area contributed by atoms with Gasteiger partial charge in [-0.3, -0.25) is 14.2 Å². The second-order valence-corrected chi connectivity index (χ2v) is 8.67. The predicted molar refractivity (Wildman–Crippen MR) is 115 cm³/mol. The minimum absolute atomic E-state index is 0.0290. The van der Waals surface area contributed by atoms with Crippen molar-refractivity contribution in [3.8, 4) is 0 Å². The highest BCUT2D eigenvalue weighted by Gasteiger charge is 2.27. The average molecular weight is 403 g/mol. The van der Waals surface area contributed by atoms with Crippen LogP contribution in [0.1, 0.15) is 40.2 Å². The molecule has 0 spiro atoms. The highest BCUT2D eigenvalue weighted by atomic mass is 32.2. The summed E-state index contributed by atoms with van der Waals surface area (Å²) in [5.74, 6) is 0.124. The van der Waals surface area contributed by atoms with Crippen molar-refractivity contribution < 1.29 is 4.79 Å². The van der Waals surface area contributed by atoms with Crippen LogP contribution in [0.4, 0.5) is 0 Å². The fourth-order valence-corrected chi connectivity index (χ4v) is 4.62. The maximum atomic E-state index is 13.1. The number of thioether (sulfide) groups is 1. The molecule has 0 bridgehead atoms. The Morgan fingerprint density at radius 3 is 2.46 bits per heavy atom. The third-order valence-electron chi connectivity index (χ3n) is 5.57. The van der Waals surface area contributed by atoms with Crippen LogP contribution in [-0.2, 0) is 4.79 Å². The Kier molecular flexibility index (Phi) is 6.78. The molecule has 3 rings (SSSR count). The highest BCUT2D eigenvalue weighted by molar-refractivity contribution is 8.00. The normalized spacial score (nSPS) is 17.6. The van der Waals surface area contributed by atoms with E-state index in [-0.39, 0.29) is 22.8 Å². The monoisotopic (exact) mass is 402 g/mol. The fraction of sp³-hybridized carbons (Fsp3) is 0.571. The second kappa shape index (κ2) is 9.09. The minimum Gasteiger partial charge on any atom is -0.339 e. The van der Waals surface area contributed by atoms with E-state index in [9.17, 15) is 9.59 Å². The number of hydrogen-bond donors (Lipinski definition) is 0. The predicted octanol–water partition coefficient (Wildman–Crippen LogP) is 3.01. The first-order valence-electron chi connectivity index (χ1n) is 10.1. The molecule has 1 aliphatic rings. The molecule has 0 saturated carbocycles. The van der Waals surface area contributed by atoms with Crippen LogP contribution < -0.4 is 5.56 Å². The molecule has 2 atom stereocenters. The maximum absolute atomic E-state index is 13.1. The molecule has 28 heavy (non-hydrogen) atoms. The molecule has 2 aromatic rings. The number of para-hydroxylation sites is 1. The highest BCUT2D eigenvalue weighted by Crippen LogP contribution is 2.27. The molecule has 0 unspecified atom stereocenters. The lowest BCUT2D eigenvalue weighted by molar-refractivity contribution is -0.132. The van der Waals surface area contributed by atoms with Gasteiger partial charge in [-0.2, -0.15) is 0 Å². The number of aromatic nitrogens is 2. The minimum atomic E-state index is -0.281. The van der Waals surface area contributed by atoms with E-state index in [0.29, 0.717) is 16.1 Å². The summed E-state index contributed by atoms with van der Waals surface area (Å²) in [6.07, 6.45) is 0.828. The van der Waals surface area contributed by atoms with E-state index in [1.807, 2.05) is 43.0 Å². The van der Waals surface area contributed by atoms with Gasteiger partial charge in [0.15, 0.2) is 5.16 Å². The first-order valence-corrected chi connectivity index (χ1v) is 11.0. The first kappa shape index (κ1) is 20.9. The Hall–Kier alpha value is -1.86. The van der Waals surface area contributed by atoms with Gasteiger partial charge in [0.1, 0.15) is 0 Å². The molecule has 1 aromatic carbocycles. The molecular weight excluding hydrogens is 372 g/mol. The number of rotatable bonds is 6. The summed E-state index contributed by atoms with van der Waals surface area (Å²) in [7, 11) is 0. The maximum Gasteiger partial charge on any atom is 0.262 e. The fourth-order valence-electron chi connectivity index (χ4n) is 3.53. The van der Waals surface area contributed by atoms with Gasteiger partial charge in [0.25, 0.3) is 5.56 Å². The van der Waals surface area contributed by atoms with Crippen molar-refractivity contribution in [2.75, 3.05) is 32.7 Å². The number of benzene rings is 1. The molecule has 7 heteroatoms. The zero-order valence-corrected chi connectivity index (χ0v) is 18.0. The van der Waals surface area contributed by atoms with Crippen LogP contribution in [0.2, 0.25) is 0 Å². The molecule has 0 aliphatic carbocycles. The van der Waals surface area contributed by atoms with E-state index in [4.69, 9.17) is 4.98 Å². The van der Waals surface area contributed by atoms with E-state index < -0.39 is 0 Å². The Morgan fingerprint density at radius 1 is 1.14 bits per heavy atom. The van der Waals surface area contributed by atoms with Gasteiger partial charge in [0.05, 0.1) is 16.2 Å². The van der Waals surface area contributed by atoms with Crippen LogP contribution >= 0.6 is 11.8 Å². The molecule has 1 fully saturated rings. The number of nitrogens with zero attached hydrogens (tertiary/aromatic N) is 4. The second-order valence-electron chi connectivity index (χ2n) is 7.36. The van der Waals surface area contributed by atoms with Crippen molar-refractivity contribution >= 4 is 28.6 Å². The average Bonchev–Trinajstić information content (AvgIpc) is 2.73. The quantitative estimate of drug-likeness (QED) is 0.549. The first-order chi connectivity index (χ1) is 13.5. The standard InChI is InChI=1S/C21H30N4O2S/c1-5-15(3)25-20(27)17-9-7-8-10-18(17)22-21(25)28-16(4)19(26)24-13-11-23(6-2)12-14-24/h7-10,15-16H,5-6,11-14H2,1-4H3/t15-,16+/m0/s1. The lowest BCUT2D eigenvalue weighted by Gasteiger charge is -2.35. The number of amides is 1. The van der Waals surface area contributed by atoms with Crippen molar-refractivity contribution in [1.82, 2.24) is 19.4 Å². The van der Waals surface area contributed by atoms with Crippen LogP contribution in [0, 0.1) is 0 Å². The number of piperazine rings is 1. The van der Waals surface area contributed by atoms with Crippen LogP contribution in [0.25, 0.3) is 10.9 Å². The smallest absolute Gasteiger partial charge is 0.262 e. The van der Waals surface area contributed by atoms with Gasteiger partial charge >= 0.3 is 0 Å². The summed E-state index contributed by atoms with van der Waals surface area (Å²) in [5, 5.41) is 0.976. The Morgan fingerprint density at radius 2 is 1.82 bits per heavy atom. The van der Waals surface area contributed by atoms with Gasteiger partial charge in [0, 0.05) is 32.2 Å². The third kappa shape index (κ3) is 4.25. The topological polar surface area (TPSA) is 58.4 Å².